The molecular formula is C4H10N6O2. The van der Waals surface area contributed by atoms with E-state index in [4.69, 9.17) is 33.3 Å². The smallest absolute Gasteiger partial charge is 0.176 e. The molecule has 0 unspecified atom stereocenters. The summed E-state index contributed by atoms with van der Waals surface area (Å²) < 4.78 is 0. The molecular weight excluding hydrogens is 164 g/mol. The van der Waals surface area contributed by atoms with E-state index in [1.54, 1.807) is 0 Å². The second-order valence-corrected chi connectivity index (χ2v) is 2.18. The van der Waals surface area contributed by atoms with Gasteiger partial charge in [-0.3, -0.25) is 10.4 Å². The van der Waals surface area contributed by atoms with E-state index in [1.807, 2.05) is 0 Å². The third kappa shape index (κ3) is 0.863. The van der Waals surface area contributed by atoms with Gasteiger partial charge in [-0.2, -0.15) is 0 Å². The molecule has 0 saturated heterocycles. The number of nitrogens with two attached hydrogens (primary N) is 4. The molecule has 1 heterocycles. The average Bonchev–Trinajstić information content (AvgIpc) is 2.08. The van der Waals surface area contributed by atoms with Gasteiger partial charge in [-0.25, -0.2) is 0 Å². The molecule has 12 heavy (non-hydrogen) atoms. The Labute approximate surface area is 67.8 Å². The van der Waals surface area contributed by atoms with Gasteiger partial charge in [0, 0.05) is 0 Å². The zero-order chi connectivity index (χ0) is 9.46. The molecule has 8 nitrogen and oxygen atoms in total. The molecule has 0 amide bonds. The first-order valence-electron chi connectivity index (χ1n) is 2.95. The van der Waals surface area contributed by atoms with Crippen LogP contribution in [0.1, 0.15) is 0 Å². The summed E-state index contributed by atoms with van der Waals surface area (Å²) in [6, 6.07) is 0. The van der Waals surface area contributed by atoms with Crippen LogP contribution in [0.2, 0.25) is 0 Å². The van der Waals surface area contributed by atoms with Crippen molar-refractivity contribution in [3.63, 3.8) is 0 Å². The lowest BCUT2D eigenvalue weighted by molar-refractivity contribution is -0.332. The Kier molecular flexibility index (Phi) is 1.63. The summed E-state index contributed by atoms with van der Waals surface area (Å²) in [5.74, 6) is -0.576. The van der Waals surface area contributed by atoms with Gasteiger partial charge in [0.05, 0.1) is 0 Å². The normalized spacial score (nSPS) is 19.2. The first-order valence-corrected chi connectivity index (χ1v) is 2.95. The molecule has 0 aromatic carbocycles. The largest absolute Gasteiger partial charge is 0.394 e. The molecule has 8 heteroatoms. The Morgan fingerprint density at radius 3 is 1.25 bits per heavy atom. The lowest BCUT2D eigenvalue weighted by Gasteiger charge is -2.31. The van der Waals surface area contributed by atoms with Gasteiger partial charge in [0.25, 0.3) is 0 Å². The van der Waals surface area contributed by atoms with Gasteiger partial charge in [-0.15, -0.1) is 10.3 Å². The summed E-state index contributed by atoms with van der Waals surface area (Å²) in [5.41, 5.74) is 20.9. The summed E-state index contributed by atoms with van der Waals surface area (Å²) in [4.78, 5) is 0. The van der Waals surface area contributed by atoms with Crippen LogP contribution in [-0.4, -0.2) is 20.8 Å². The standard InChI is InChI=1S/C4H10N6O2/c5-1-2(6)4(8)10(12)9(11)3(1)7/h11-12H,5-8H2. The highest BCUT2D eigenvalue weighted by atomic mass is 16.7. The van der Waals surface area contributed by atoms with E-state index in [9.17, 15) is 0 Å². The third-order valence-corrected chi connectivity index (χ3v) is 1.45. The van der Waals surface area contributed by atoms with Crippen LogP contribution >= 0.6 is 0 Å². The molecule has 10 N–H and O–H groups in total. The minimum atomic E-state index is -0.288. The zero-order valence-corrected chi connectivity index (χ0v) is 6.10. The van der Waals surface area contributed by atoms with Crippen molar-refractivity contribution in [2.75, 3.05) is 0 Å². The fourth-order valence-electron chi connectivity index (χ4n) is 0.696. The number of hydrazine groups is 1. The second kappa shape index (κ2) is 2.36. The summed E-state index contributed by atoms with van der Waals surface area (Å²) in [5, 5.41) is 18.3. The first-order chi connectivity index (χ1) is 5.46. The summed E-state index contributed by atoms with van der Waals surface area (Å²) in [7, 11) is 0. The van der Waals surface area contributed by atoms with Gasteiger partial charge in [0.1, 0.15) is 11.4 Å². The average molecular weight is 174 g/mol. The summed E-state index contributed by atoms with van der Waals surface area (Å²) in [6.07, 6.45) is 0. The molecule has 1 aliphatic heterocycles. The van der Waals surface area contributed by atoms with Crippen LogP contribution in [0.15, 0.2) is 23.0 Å². The molecule has 1 rings (SSSR count). The number of rotatable bonds is 0. The van der Waals surface area contributed by atoms with Crippen LogP contribution in [0.4, 0.5) is 0 Å². The van der Waals surface area contributed by atoms with E-state index >= 15 is 0 Å². The first kappa shape index (κ1) is 8.30. The molecule has 1 aliphatic rings. The summed E-state index contributed by atoms with van der Waals surface area (Å²) >= 11 is 0. The minimum absolute atomic E-state index is 0.0831. The molecule has 0 atom stereocenters. The highest BCUT2D eigenvalue weighted by molar-refractivity contribution is 5.33. The molecule has 68 valence electrons. The number of hydroxylamine groups is 2. The van der Waals surface area contributed by atoms with E-state index in [-0.39, 0.29) is 33.4 Å². The predicted octanol–water partition coefficient (Wildman–Crippen LogP) is -2.53. The SMILES string of the molecule is NC1=C(N)N(O)N(O)C(N)=C1N. The fourth-order valence-corrected chi connectivity index (χ4v) is 0.696. The zero-order valence-electron chi connectivity index (χ0n) is 6.10. The molecule has 0 aromatic heterocycles. The van der Waals surface area contributed by atoms with Gasteiger partial charge in [0.15, 0.2) is 11.6 Å². The van der Waals surface area contributed by atoms with Crippen molar-refractivity contribution in [1.82, 2.24) is 10.3 Å². The third-order valence-electron chi connectivity index (χ3n) is 1.45. The second-order valence-electron chi connectivity index (χ2n) is 2.18. The topological polar surface area (TPSA) is 151 Å². The Bertz CT molecular complexity index is 243. The number of hydrogen-bond acceptors (Lipinski definition) is 8. The van der Waals surface area contributed by atoms with Gasteiger partial charge in [-0.1, -0.05) is 0 Å². The van der Waals surface area contributed by atoms with Crippen molar-refractivity contribution in [3.05, 3.63) is 23.0 Å². The van der Waals surface area contributed by atoms with Crippen molar-refractivity contribution in [3.8, 4) is 0 Å². The number of hydrogen-bond donors (Lipinski definition) is 6. The Balaban J connectivity index is 3.18. The lowest BCUT2D eigenvalue weighted by atomic mass is 10.3. The molecule has 0 saturated carbocycles. The van der Waals surface area contributed by atoms with Crippen LogP contribution in [0, 0.1) is 0 Å². The molecule has 0 aromatic rings. The maximum Gasteiger partial charge on any atom is 0.176 e. The van der Waals surface area contributed by atoms with Gasteiger partial charge < -0.3 is 22.9 Å². The van der Waals surface area contributed by atoms with Crippen molar-refractivity contribution in [2.24, 2.45) is 22.9 Å². The molecule has 0 spiro atoms. The number of nitrogens with zero attached hydrogens (tertiary/aromatic N) is 2. The quantitative estimate of drug-likeness (QED) is 0.235. The van der Waals surface area contributed by atoms with E-state index < -0.39 is 0 Å². The van der Waals surface area contributed by atoms with Crippen molar-refractivity contribution < 1.29 is 10.4 Å². The van der Waals surface area contributed by atoms with Crippen LogP contribution in [0.5, 0.6) is 0 Å². The summed E-state index contributed by atoms with van der Waals surface area (Å²) in [6.45, 7) is 0. The van der Waals surface area contributed by atoms with E-state index in [1.165, 1.54) is 0 Å². The van der Waals surface area contributed by atoms with Crippen LogP contribution in [0.25, 0.3) is 0 Å². The van der Waals surface area contributed by atoms with Crippen molar-refractivity contribution in [2.45, 2.75) is 0 Å². The van der Waals surface area contributed by atoms with E-state index in [0.29, 0.717) is 0 Å². The highest BCUT2D eigenvalue weighted by Crippen LogP contribution is 2.16. The van der Waals surface area contributed by atoms with Gasteiger partial charge in [-0.05, 0) is 0 Å². The Morgan fingerprint density at radius 1 is 0.750 bits per heavy atom. The van der Waals surface area contributed by atoms with Crippen LogP contribution < -0.4 is 22.9 Å². The molecule has 0 radical (unpaired) electrons. The lowest BCUT2D eigenvalue weighted by Crippen LogP contribution is -2.48. The Hall–Kier alpha value is -1.80. The van der Waals surface area contributed by atoms with E-state index in [2.05, 4.69) is 0 Å². The highest BCUT2D eigenvalue weighted by Gasteiger charge is 2.25. The van der Waals surface area contributed by atoms with Crippen LogP contribution in [-0.2, 0) is 0 Å². The predicted molar refractivity (Wildman–Crippen MR) is 38.1 cm³/mol. The van der Waals surface area contributed by atoms with Crippen molar-refractivity contribution in [1.29, 1.82) is 0 Å². The monoisotopic (exact) mass is 174 g/mol. The van der Waals surface area contributed by atoms with Gasteiger partial charge >= 0.3 is 0 Å². The molecule has 0 aliphatic carbocycles. The molecule has 0 bridgehead atoms. The Morgan fingerprint density at radius 2 is 1.00 bits per heavy atom. The fraction of sp³-hybridized carbons (Fsp3) is 0. The van der Waals surface area contributed by atoms with Crippen molar-refractivity contribution >= 4 is 0 Å². The maximum absolute atomic E-state index is 8.98. The maximum atomic E-state index is 8.98. The minimum Gasteiger partial charge on any atom is -0.394 e. The van der Waals surface area contributed by atoms with Crippen LogP contribution in [0.3, 0.4) is 0 Å². The molecule has 0 fully saturated rings. The van der Waals surface area contributed by atoms with E-state index in [0.717, 1.165) is 0 Å². The van der Waals surface area contributed by atoms with Gasteiger partial charge in [0.2, 0.25) is 0 Å².